The van der Waals surface area contributed by atoms with Crippen molar-refractivity contribution < 1.29 is 9.53 Å². The van der Waals surface area contributed by atoms with Crippen molar-refractivity contribution in [3.8, 4) is 5.75 Å². The number of carbonyl (C=O) groups is 1. The van der Waals surface area contributed by atoms with Gasteiger partial charge in [-0.05, 0) is 49.1 Å². The normalized spacial score (nSPS) is 16.6. The molecular formula is C17H26N2O2. The lowest BCUT2D eigenvalue weighted by atomic mass is 10.1. The predicted octanol–water partition coefficient (Wildman–Crippen LogP) is 2.58. The molecule has 0 radical (unpaired) electrons. The molecule has 0 fully saturated rings. The fourth-order valence-electron chi connectivity index (χ4n) is 2.75. The Labute approximate surface area is 127 Å². The van der Waals surface area contributed by atoms with Crippen LogP contribution >= 0.6 is 0 Å². The van der Waals surface area contributed by atoms with Gasteiger partial charge in [-0.2, -0.15) is 0 Å². The Kier molecular flexibility index (Phi) is 6.05. The van der Waals surface area contributed by atoms with Crippen LogP contribution in [-0.4, -0.2) is 25.6 Å². The van der Waals surface area contributed by atoms with E-state index >= 15 is 0 Å². The largest absolute Gasteiger partial charge is 0.484 e. The summed E-state index contributed by atoms with van der Waals surface area (Å²) in [6.07, 6.45) is 4.31. The number of nitrogens with one attached hydrogen (secondary N) is 2. The van der Waals surface area contributed by atoms with E-state index < -0.39 is 0 Å². The van der Waals surface area contributed by atoms with Gasteiger partial charge in [0.2, 0.25) is 0 Å². The second-order valence-electron chi connectivity index (χ2n) is 5.50. The average Bonchev–Trinajstić information content (AvgIpc) is 2.88. The van der Waals surface area contributed by atoms with Crippen LogP contribution in [0.4, 0.5) is 0 Å². The maximum atomic E-state index is 11.6. The van der Waals surface area contributed by atoms with Crippen LogP contribution in [0.5, 0.6) is 5.75 Å². The molecule has 0 aromatic heterocycles. The summed E-state index contributed by atoms with van der Waals surface area (Å²) in [7, 11) is 0. The van der Waals surface area contributed by atoms with E-state index in [1.165, 1.54) is 11.1 Å². The van der Waals surface area contributed by atoms with Crippen molar-refractivity contribution in [2.75, 3.05) is 19.7 Å². The zero-order valence-electron chi connectivity index (χ0n) is 13.1. The Morgan fingerprint density at radius 1 is 1.38 bits per heavy atom. The van der Waals surface area contributed by atoms with E-state index in [2.05, 4.69) is 36.6 Å². The van der Waals surface area contributed by atoms with Crippen molar-refractivity contribution in [3.63, 3.8) is 0 Å². The molecule has 1 aromatic rings. The number of ether oxygens (including phenoxy) is 1. The molecule has 0 bridgehead atoms. The van der Waals surface area contributed by atoms with Crippen molar-refractivity contribution in [2.45, 2.75) is 45.6 Å². The van der Waals surface area contributed by atoms with Crippen LogP contribution < -0.4 is 15.4 Å². The molecule has 4 nitrogen and oxygen atoms in total. The van der Waals surface area contributed by atoms with Gasteiger partial charge in [-0.25, -0.2) is 0 Å². The lowest BCUT2D eigenvalue weighted by molar-refractivity contribution is -0.123. The Balaban J connectivity index is 1.84. The Morgan fingerprint density at radius 3 is 3.00 bits per heavy atom. The lowest BCUT2D eigenvalue weighted by Gasteiger charge is -2.13. The molecule has 1 aromatic carbocycles. The number of hydrogen-bond donors (Lipinski definition) is 2. The van der Waals surface area contributed by atoms with Crippen LogP contribution in [0, 0.1) is 0 Å². The summed E-state index contributed by atoms with van der Waals surface area (Å²) in [5, 5.41) is 6.35. The van der Waals surface area contributed by atoms with Crippen LogP contribution in [0.2, 0.25) is 0 Å². The first-order chi connectivity index (χ1) is 10.2. The number of amides is 1. The van der Waals surface area contributed by atoms with Gasteiger partial charge >= 0.3 is 0 Å². The Morgan fingerprint density at radius 2 is 2.24 bits per heavy atom. The number of rotatable bonds is 8. The summed E-state index contributed by atoms with van der Waals surface area (Å²) < 4.78 is 5.59. The number of benzene rings is 1. The third-order valence-corrected chi connectivity index (χ3v) is 3.87. The third kappa shape index (κ3) is 4.46. The number of carbonyl (C=O) groups excluding carboxylic acids is 1. The molecule has 0 aliphatic heterocycles. The first kappa shape index (κ1) is 15.8. The molecule has 1 amide bonds. The summed E-state index contributed by atoms with van der Waals surface area (Å²) in [5.41, 5.74) is 2.71. The molecule has 2 rings (SSSR count). The van der Waals surface area contributed by atoms with E-state index in [0.717, 1.165) is 44.5 Å². The summed E-state index contributed by atoms with van der Waals surface area (Å²) in [6.45, 7) is 6.05. The number of hydrogen-bond acceptors (Lipinski definition) is 3. The van der Waals surface area contributed by atoms with E-state index in [4.69, 9.17) is 4.74 Å². The van der Waals surface area contributed by atoms with Crippen molar-refractivity contribution in [2.24, 2.45) is 0 Å². The van der Waals surface area contributed by atoms with E-state index in [-0.39, 0.29) is 12.5 Å². The molecule has 1 aliphatic carbocycles. The molecule has 21 heavy (non-hydrogen) atoms. The van der Waals surface area contributed by atoms with E-state index in [1.54, 1.807) is 0 Å². The van der Waals surface area contributed by atoms with E-state index in [9.17, 15) is 4.79 Å². The fraction of sp³-hybridized carbons (Fsp3) is 0.588. The van der Waals surface area contributed by atoms with Gasteiger partial charge in [0.05, 0.1) is 0 Å². The zero-order valence-corrected chi connectivity index (χ0v) is 13.1. The van der Waals surface area contributed by atoms with Gasteiger partial charge in [0.25, 0.3) is 5.91 Å². The fourth-order valence-corrected chi connectivity index (χ4v) is 2.75. The summed E-state index contributed by atoms with van der Waals surface area (Å²) in [6, 6.07) is 6.64. The van der Waals surface area contributed by atoms with Crippen molar-refractivity contribution >= 4 is 5.91 Å². The van der Waals surface area contributed by atoms with Gasteiger partial charge in [0, 0.05) is 12.6 Å². The second kappa shape index (κ2) is 8.03. The third-order valence-electron chi connectivity index (χ3n) is 3.87. The molecule has 2 N–H and O–H groups in total. The maximum Gasteiger partial charge on any atom is 0.257 e. The standard InChI is InChI=1S/C17H26N2O2/c1-3-5-10-19-17(20)12-21-14-7-8-15-13(11-14)6-9-16(15)18-4-2/h7-8,11,16,18H,3-6,9-10,12H2,1-2H3,(H,19,20). The molecule has 0 heterocycles. The van der Waals surface area contributed by atoms with Gasteiger partial charge in [-0.15, -0.1) is 0 Å². The molecule has 0 saturated heterocycles. The average molecular weight is 290 g/mol. The van der Waals surface area contributed by atoms with Crippen molar-refractivity contribution in [1.29, 1.82) is 0 Å². The van der Waals surface area contributed by atoms with Gasteiger partial charge in [-0.1, -0.05) is 26.3 Å². The SMILES string of the molecule is CCCCNC(=O)COc1ccc2c(c1)CCC2NCC. The number of aryl methyl sites for hydroxylation is 1. The van der Waals surface area contributed by atoms with Gasteiger partial charge in [-0.3, -0.25) is 4.79 Å². The quantitative estimate of drug-likeness (QED) is 0.724. The molecule has 1 unspecified atom stereocenters. The minimum Gasteiger partial charge on any atom is -0.484 e. The van der Waals surface area contributed by atoms with Gasteiger partial charge in [0.1, 0.15) is 5.75 Å². The minimum atomic E-state index is -0.0468. The van der Waals surface area contributed by atoms with E-state index in [1.807, 2.05) is 6.07 Å². The van der Waals surface area contributed by atoms with Gasteiger partial charge < -0.3 is 15.4 Å². The van der Waals surface area contributed by atoms with Crippen LogP contribution in [0.3, 0.4) is 0 Å². The monoisotopic (exact) mass is 290 g/mol. The molecule has 0 spiro atoms. The minimum absolute atomic E-state index is 0.0468. The maximum absolute atomic E-state index is 11.6. The first-order valence-corrected chi connectivity index (χ1v) is 8.00. The molecule has 4 heteroatoms. The first-order valence-electron chi connectivity index (χ1n) is 8.00. The zero-order chi connectivity index (χ0) is 15.1. The van der Waals surface area contributed by atoms with Crippen LogP contribution in [-0.2, 0) is 11.2 Å². The molecule has 116 valence electrons. The number of fused-ring (bicyclic) bond motifs is 1. The van der Waals surface area contributed by atoms with Crippen molar-refractivity contribution in [3.05, 3.63) is 29.3 Å². The summed E-state index contributed by atoms with van der Waals surface area (Å²) in [4.78, 5) is 11.6. The van der Waals surface area contributed by atoms with Crippen molar-refractivity contribution in [1.82, 2.24) is 10.6 Å². The molecule has 1 atom stereocenters. The Hall–Kier alpha value is -1.55. The smallest absolute Gasteiger partial charge is 0.257 e. The van der Waals surface area contributed by atoms with Gasteiger partial charge in [0.15, 0.2) is 6.61 Å². The number of unbranched alkanes of at least 4 members (excludes halogenated alkanes) is 1. The van der Waals surface area contributed by atoms with Crippen LogP contribution in [0.1, 0.15) is 50.3 Å². The predicted molar refractivity (Wildman–Crippen MR) is 84.6 cm³/mol. The summed E-state index contributed by atoms with van der Waals surface area (Å²) in [5.74, 6) is 0.742. The van der Waals surface area contributed by atoms with E-state index in [0.29, 0.717) is 6.04 Å². The highest BCUT2D eigenvalue weighted by Gasteiger charge is 2.21. The van der Waals surface area contributed by atoms with Crippen LogP contribution in [0.25, 0.3) is 0 Å². The highest BCUT2D eigenvalue weighted by Crippen LogP contribution is 2.33. The molecule has 0 saturated carbocycles. The summed E-state index contributed by atoms with van der Waals surface area (Å²) >= 11 is 0. The highest BCUT2D eigenvalue weighted by molar-refractivity contribution is 5.77. The second-order valence-corrected chi connectivity index (χ2v) is 5.50. The Bertz CT molecular complexity index is 474. The molecular weight excluding hydrogens is 264 g/mol. The molecule has 1 aliphatic rings. The topological polar surface area (TPSA) is 50.4 Å². The lowest BCUT2D eigenvalue weighted by Crippen LogP contribution is -2.29. The highest BCUT2D eigenvalue weighted by atomic mass is 16.5. The van der Waals surface area contributed by atoms with Crippen LogP contribution in [0.15, 0.2) is 18.2 Å².